The zero-order valence-corrected chi connectivity index (χ0v) is 27.0. The summed E-state index contributed by atoms with van der Waals surface area (Å²) in [7, 11) is 3.21. The molecule has 0 aliphatic carbocycles. The topological polar surface area (TPSA) is 117 Å². The molecular weight excluding hydrogens is 615 g/mol. The summed E-state index contributed by atoms with van der Waals surface area (Å²) in [6, 6.07) is 15.4. The van der Waals surface area contributed by atoms with Crippen molar-refractivity contribution in [1.29, 1.82) is 0 Å². The van der Waals surface area contributed by atoms with Crippen LogP contribution in [-0.2, 0) is 24.3 Å². The molecule has 0 bridgehead atoms. The smallest absolute Gasteiger partial charge is 0.304 e. The summed E-state index contributed by atoms with van der Waals surface area (Å²) < 4.78 is 11.3. The number of halogens is 2. The molecule has 11 heteroatoms. The van der Waals surface area contributed by atoms with Crippen LogP contribution >= 0.6 is 23.2 Å². The molecule has 236 valence electrons. The molecule has 3 heterocycles. The monoisotopic (exact) mass is 650 g/mol. The number of hydrogen-bond donors (Lipinski definition) is 3. The predicted molar refractivity (Wildman–Crippen MR) is 176 cm³/mol. The van der Waals surface area contributed by atoms with Crippen molar-refractivity contribution in [2.24, 2.45) is 0 Å². The van der Waals surface area contributed by atoms with Crippen LogP contribution in [0.3, 0.4) is 0 Å². The largest absolute Gasteiger partial charge is 0.496 e. The van der Waals surface area contributed by atoms with E-state index in [2.05, 4.69) is 21.3 Å². The molecule has 1 atom stereocenters. The highest BCUT2D eigenvalue weighted by molar-refractivity contribution is 6.39. The standard InChI is InChI=1S/C34H36Cl2N4O5/c1-20(41)17-37-18-22-7-8-28(39-34(22)45-3)26-6-4-5-24(31(26)35)25-9-12-38-33(32(25)36)23-15-21-10-13-40(14-11-30(42)43)19-27(21)29(16-23)44-2/h4-9,12,15-16,20,37,41H,10-11,13-14,17-19H2,1-3H3,(H,42,43). The van der Waals surface area contributed by atoms with Gasteiger partial charge in [-0.2, -0.15) is 0 Å². The molecule has 3 N–H and O–H groups in total. The molecule has 2 aromatic carbocycles. The van der Waals surface area contributed by atoms with E-state index in [4.69, 9.17) is 42.8 Å². The third-order valence-corrected chi connectivity index (χ3v) is 8.65. The van der Waals surface area contributed by atoms with Gasteiger partial charge in [-0.15, -0.1) is 0 Å². The Bertz CT molecular complexity index is 1680. The number of benzene rings is 2. The van der Waals surface area contributed by atoms with Gasteiger partial charge in [-0.05, 0) is 43.2 Å². The summed E-state index contributed by atoms with van der Waals surface area (Å²) in [5.41, 5.74) is 7.34. The van der Waals surface area contributed by atoms with Crippen LogP contribution in [0.5, 0.6) is 11.6 Å². The molecule has 9 nitrogen and oxygen atoms in total. The van der Waals surface area contributed by atoms with E-state index >= 15 is 0 Å². The van der Waals surface area contributed by atoms with Gasteiger partial charge in [-0.25, -0.2) is 4.98 Å². The van der Waals surface area contributed by atoms with Crippen molar-refractivity contribution in [3.63, 3.8) is 0 Å². The molecule has 0 spiro atoms. The van der Waals surface area contributed by atoms with Gasteiger partial charge in [0.25, 0.3) is 0 Å². The van der Waals surface area contributed by atoms with Gasteiger partial charge >= 0.3 is 5.97 Å². The lowest BCUT2D eigenvalue weighted by Crippen LogP contribution is -2.32. The van der Waals surface area contributed by atoms with Gasteiger partial charge in [-0.1, -0.05) is 47.5 Å². The van der Waals surface area contributed by atoms with E-state index in [0.717, 1.165) is 57.7 Å². The Labute approximate surface area is 272 Å². The lowest BCUT2D eigenvalue weighted by Gasteiger charge is -2.30. The Morgan fingerprint density at radius 3 is 2.58 bits per heavy atom. The van der Waals surface area contributed by atoms with E-state index in [9.17, 15) is 9.90 Å². The maximum Gasteiger partial charge on any atom is 0.304 e. The number of nitrogens with zero attached hydrogens (tertiary/aromatic N) is 3. The van der Waals surface area contributed by atoms with Gasteiger partial charge in [0.2, 0.25) is 5.88 Å². The van der Waals surface area contributed by atoms with E-state index in [1.165, 1.54) is 0 Å². The molecule has 0 radical (unpaired) electrons. The number of pyridine rings is 2. The summed E-state index contributed by atoms with van der Waals surface area (Å²) in [6.45, 7) is 4.55. The first-order valence-corrected chi connectivity index (χ1v) is 15.5. The molecule has 0 fully saturated rings. The molecule has 1 aliphatic rings. The minimum atomic E-state index is -0.805. The van der Waals surface area contributed by atoms with Gasteiger partial charge in [0, 0.05) is 72.3 Å². The Balaban J connectivity index is 1.47. The molecule has 0 amide bonds. The van der Waals surface area contributed by atoms with Crippen LogP contribution in [0.4, 0.5) is 0 Å². The zero-order chi connectivity index (χ0) is 32.1. The second-order valence-electron chi connectivity index (χ2n) is 11.0. The van der Waals surface area contributed by atoms with E-state index in [1.54, 1.807) is 27.3 Å². The van der Waals surface area contributed by atoms with E-state index in [-0.39, 0.29) is 6.42 Å². The summed E-state index contributed by atoms with van der Waals surface area (Å²) in [6.07, 6.45) is 2.12. The Kier molecular flexibility index (Phi) is 10.6. The van der Waals surface area contributed by atoms with Crippen LogP contribution < -0.4 is 14.8 Å². The third-order valence-electron chi connectivity index (χ3n) is 7.86. The number of nitrogens with one attached hydrogen (secondary N) is 1. The SMILES string of the molecule is COc1cc(-c2nccc(-c3cccc(-c4ccc(CNCC(C)O)c(OC)n4)c3Cl)c2Cl)cc2c1CN(CCC(=O)O)CC2. The highest BCUT2D eigenvalue weighted by Crippen LogP contribution is 2.43. The number of hydrogen-bond acceptors (Lipinski definition) is 8. The first kappa shape index (κ1) is 32.7. The van der Waals surface area contributed by atoms with Crippen LogP contribution in [0.15, 0.2) is 54.7 Å². The minimum Gasteiger partial charge on any atom is -0.496 e. The summed E-state index contributed by atoms with van der Waals surface area (Å²) in [5, 5.41) is 22.8. The fourth-order valence-corrected chi connectivity index (χ4v) is 6.23. The van der Waals surface area contributed by atoms with E-state index < -0.39 is 12.1 Å². The molecule has 0 saturated carbocycles. The van der Waals surface area contributed by atoms with Gasteiger partial charge in [0.05, 0.1) is 48.2 Å². The van der Waals surface area contributed by atoms with Gasteiger partial charge in [0.1, 0.15) is 5.75 Å². The van der Waals surface area contributed by atoms with Crippen LogP contribution in [0.1, 0.15) is 30.0 Å². The van der Waals surface area contributed by atoms with Gasteiger partial charge in [-0.3, -0.25) is 14.7 Å². The summed E-state index contributed by atoms with van der Waals surface area (Å²) >= 11 is 14.1. The number of aliphatic hydroxyl groups excluding tert-OH is 1. The van der Waals surface area contributed by atoms with Crippen LogP contribution in [-0.4, -0.2) is 71.0 Å². The maximum absolute atomic E-state index is 11.1. The lowest BCUT2D eigenvalue weighted by molar-refractivity contribution is -0.137. The van der Waals surface area contributed by atoms with E-state index in [1.807, 2.05) is 42.5 Å². The predicted octanol–water partition coefficient (Wildman–Crippen LogP) is 6.10. The van der Waals surface area contributed by atoms with Crippen molar-refractivity contribution in [2.45, 2.75) is 39.0 Å². The van der Waals surface area contributed by atoms with E-state index in [0.29, 0.717) is 53.5 Å². The van der Waals surface area contributed by atoms with Crippen molar-refractivity contribution in [3.8, 4) is 45.3 Å². The number of rotatable bonds is 12. The molecule has 1 aliphatic heterocycles. The van der Waals surface area contributed by atoms with Gasteiger partial charge in [0.15, 0.2) is 0 Å². The Hall–Kier alpha value is -3.73. The van der Waals surface area contributed by atoms with Gasteiger partial charge < -0.3 is 25.0 Å². The third kappa shape index (κ3) is 7.40. The minimum absolute atomic E-state index is 0.100. The first-order chi connectivity index (χ1) is 21.7. The van der Waals surface area contributed by atoms with Crippen LogP contribution in [0.2, 0.25) is 10.0 Å². The lowest BCUT2D eigenvalue weighted by atomic mass is 9.93. The highest BCUT2D eigenvalue weighted by Gasteiger charge is 2.24. The number of methoxy groups -OCH3 is 2. The second-order valence-corrected chi connectivity index (χ2v) is 11.8. The fourth-order valence-electron chi connectivity index (χ4n) is 5.59. The van der Waals surface area contributed by atoms with Crippen LogP contribution in [0.25, 0.3) is 33.6 Å². The molecule has 45 heavy (non-hydrogen) atoms. The van der Waals surface area contributed by atoms with Crippen molar-refractivity contribution in [1.82, 2.24) is 20.2 Å². The van der Waals surface area contributed by atoms with Crippen LogP contribution in [0, 0.1) is 0 Å². The number of fused-ring (bicyclic) bond motifs is 1. The Morgan fingerprint density at radius 2 is 1.84 bits per heavy atom. The summed E-state index contributed by atoms with van der Waals surface area (Å²) in [4.78, 5) is 22.6. The zero-order valence-electron chi connectivity index (χ0n) is 25.4. The Morgan fingerprint density at radius 1 is 1.07 bits per heavy atom. The number of aliphatic carboxylic acids is 1. The average Bonchev–Trinajstić information content (AvgIpc) is 3.03. The first-order valence-electron chi connectivity index (χ1n) is 14.7. The normalized spacial score (nSPS) is 13.7. The van der Waals surface area contributed by atoms with Crippen molar-refractivity contribution in [2.75, 3.05) is 33.9 Å². The maximum atomic E-state index is 11.1. The number of carboxylic acids is 1. The molecule has 2 aromatic heterocycles. The molecule has 5 rings (SSSR count). The molecule has 4 aromatic rings. The van der Waals surface area contributed by atoms with Crippen molar-refractivity contribution >= 4 is 29.2 Å². The number of aliphatic hydroxyl groups is 1. The second kappa shape index (κ2) is 14.6. The van der Waals surface area contributed by atoms with Crippen molar-refractivity contribution in [3.05, 3.63) is 81.5 Å². The number of aromatic nitrogens is 2. The highest BCUT2D eigenvalue weighted by atomic mass is 35.5. The molecular formula is C34H36Cl2N4O5. The van der Waals surface area contributed by atoms with Crippen molar-refractivity contribution < 1.29 is 24.5 Å². The molecule has 1 unspecified atom stereocenters. The fraction of sp³-hybridized carbons (Fsp3) is 0.324. The number of ether oxygens (including phenoxy) is 2. The average molecular weight is 652 g/mol. The number of carboxylic acid groups (broad SMARTS) is 1. The summed E-state index contributed by atoms with van der Waals surface area (Å²) in [5.74, 6) is 0.388. The number of carbonyl (C=O) groups is 1. The molecule has 0 saturated heterocycles. The quantitative estimate of drug-likeness (QED) is 0.167.